The first kappa shape index (κ1) is 11.9. The van der Waals surface area contributed by atoms with Gasteiger partial charge in [-0.2, -0.15) is 0 Å². The van der Waals surface area contributed by atoms with Crippen LogP contribution in [0, 0.1) is 0 Å². The maximum absolute atomic E-state index is 5.98. The topological polar surface area (TPSA) is 15.3 Å². The second kappa shape index (κ2) is 5.64. The van der Waals surface area contributed by atoms with Gasteiger partial charge in [0.2, 0.25) is 0 Å². The van der Waals surface area contributed by atoms with E-state index < -0.39 is 0 Å². The quantitative estimate of drug-likeness (QED) is 0.917. The summed E-state index contributed by atoms with van der Waals surface area (Å²) in [6.45, 7) is 3.22. The monoisotopic (exact) mass is 308 g/mol. The Morgan fingerprint density at radius 2 is 2.13 bits per heavy atom. The van der Waals surface area contributed by atoms with Crippen LogP contribution < -0.4 is 5.43 Å². The molecule has 5 heteroatoms. The van der Waals surface area contributed by atoms with E-state index in [0.29, 0.717) is 0 Å². The summed E-state index contributed by atoms with van der Waals surface area (Å²) in [5, 5.41) is 2.31. The predicted octanol–water partition coefficient (Wildman–Crippen LogP) is 3.65. The highest BCUT2D eigenvalue weighted by Crippen LogP contribution is 2.31. The minimum absolute atomic E-state index is 0.838. The first-order chi connectivity index (χ1) is 7.25. The standard InChI is InChI=1S/C10H14BrClN2S/c11-9-6-8(15-10(9)12)7-13-14-4-2-1-3-5-14/h6,13H,1-5,7H2. The zero-order valence-corrected chi connectivity index (χ0v) is 11.6. The molecule has 0 aromatic carbocycles. The second-order valence-electron chi connectivity index (χ2n) is 3.72. The summed E-state index contributed by atoms with van der Waals surface area (Å²) >= 11 is 11.0. The average molecular weight is 310 g/mol. The molecule has 1 aromatic heterocycles. The van der Waals surface area contributed by atoms with E-state index in [1.54, 1.807) is 11.3 Å². The van der Waals surface area contributed by atoms with Crippen LogP contribution in [0.25, 0.3) is 0 Å². The Hall–Kier alpha value is 0.390. The lowest BCUT2D eigenvalue weighted by Gasteiger charge is -2.26. The number of hydrazine groups is 1. The third-order valence-corrected chi connectivity index (χ3v) is 5.00. The van der Waals surface area contributed by atoms with Crippen molar-refractivity contribution in [2.24, 2.45) is 0 Å². The number of halogens is 2. The Balaban J connectivity index is 1.81. The molecule has 1 N–H and O–H groups in total. The van der Waals surface area contributed by atoms with Crippen LogP contribution in [0.3, 0.4) is 0 Å². The van der Waals surface area contributed by atoms with Crippen molar-refractivity contribution in [2.45, 2.75) is 25.8 Å². The molecular formula is C10H14BrClN2S. The molecule has 0 saturated carbocycles. The first-order valence-electron chi connectivity index (χ1n) is 5.18. The van der Waals surface area contributed by atoms with E-state index in [1.807, 2.05) is 0 Å². The van der Waals surface area contributed by atoms with Gasteiger partial charge in [-0.25, -0.2) is 10.4 Å². The highest BCUT2D eigenvalue weighted by molar-refractivity contribution is 9.10. The van der Waals surface area contributed by atoms with Crippen molar-refractivity contribution < 1.29 is 0 Å². The van der Waals surface area contributed by atoms with E-state index in [2.05, 4.69) is 32.4 Å². The SMILES string of the molecule is Clc1sc(CNN2CCCCC2)cc1Br. The number of nitrogens with zero attached hydrogens (tertiary/aromatic N) is 1. The first-order valence-corrected chi connectivity index (χ1v) is 7.16. The zero-order valence-electron chi connectivity index (χ0n) is 8.43. The Morgan fingerprint density at radius 3 is 2.73 bits per heavy atom. The van der Waals surface area contributed by atoms with Crippen LogP contribution in [-0.2, 0) is 6.54 Å². The van der Waals surface area contributed by atoms with Gasteiger partial charge < -0.3 is 0 Å². The van der Waals surface area contributed by atoms with Gasteiger partial charge in [0.25, 0.3) is 0 Å². The van der Waals surface area contributed by atoms with Crippen molar-refractivity contribution in [1.29, 1.82) is 0 Å². The molecule has 84 valence electrons. The molecule has 1 saturated heterocycles. The minimum atomic E-state index is 0.838. The second-order valence-corrected chi connectivity index (χ2v) is 6.31. The summed E-state index contributed by atoms with van der Waals surface area (Å²) in [6, 6.07) is 2.09. The number of nitrogens with one attached hydrogen (secondary N) is 1. The van der Waals surface area contributed by atoms with Gasteiger partial charge in [0.15, 0.2) is 0 Å². The summed E-state index contributed by atoms with van der Waals surface area (Å²) < 4.78 is 1.84. The zero-order chi connectivity index (χ0) is 10.7. The maximum Gasteiger partial charge on any atom is 0.107 e. The lowest BCUT2D eigenvalue weighted by atomic mass is 10.2. The third kappa shape index (κ3) is 3.43. The van der Waals surface area contributed by atoms with Crippen molar-refractivity contribution in [3.8, 4) is 0 Å². The number of thiophene rings is 1. The fourth-order valence-corrected chi connectivity index (χ4v) is 3.44. The lowest BCUT2D eigenvalue weighted by Crippen LogP contribution is -2.40. The minimum Gasteiger partial charge on any atom is -0.250 e. The Bertz CT molecular complexity index is 304. The van der Waals surface area contributed by atoms with E-state index in [4.69, 9.17) is 11.6 Å². The van der Waals surface area contributed by atoms with E-state index >= 15 is 0 Å². The summed E-state index contributed by atoms with van der Waals surface area (Å²) in [6.07, 6.45) is 3.98. The van der Waals surface area contributed by atoms with E-state index in [9.17, 15) is 0 Å². The van der Waals surface area contributed by atoms with Gasteiger partial charge in [-0.1, -0.05) is 18.0 Å². The van der Waals surface area contributed by atoms with Crippen LogP contribution in [0.15, 0.2) is 10.5 Å². The maximum atomic E-state index is 5.98. The summed E-state index contributed by atoms with van der Waals surface area (Å²) in [5.41, 5.74) is 3.44. The molecular weight excluding hydrogens is 296 g/mol. The molecule has 2 heterocycles. The van der Waals surface area contributed by atoms with Crippen molar-refractivity contribution in [3.05, 3.63) is 19.8 Å². The number of hydrogen-bond acceptors (Lipinski definition) is 3. The molecule has 0 radical (unpaired) electrons. The third-order valence-electron chi connectivity index (χ3n) is 2.53. The highest BCUT2D eigenvalue weighted by atomic mass is 79.9. The molecule has 1 aliphatic rings. The van der Waals surface area contributed by atoms with Crippen molar-refractivity contribution in [3.63, 3.8) is 0 Å². The number of piperidine rings is 1. The van der Waals surface area contributed by atoms with Crippen LogP contribution in [0.1, 0.15) is 24.1 Å². The molecule has 0 amide bonds. The molecule has 2 nitrogen and oxygen atoms in total. The van der Waals surface area contributed by atoms with Gasteiger partial charge in [-0.05, 0) is 34.8 Å². The van der Waals surface area contributed by atoms with E-state index in [-0.39, 0.29) is 0 Å². The van der Waals surface area contributed by atoms with Gasteiger partial charge in [0.05, 0.1) is 0 Å². The largest absolute Gasteiger partial charge is 0.250 e. The fourth-order valence-electron chi connectivity index (χ4n) is 1.72. The molecule has 1 aliphatic heterocycles. The van der Waals surface area contributed by atoms with Crippen molar-refractivity contribution >= 4 is 38.9 Å². The van der Waals surface area contributed by atoms with Gasteiger partial charge in [-0.3, -0.25) is 0 Å². The molecule has 0 atom stereocenters. The van der Waals surface area contributed by atoms with E-state index in [1.165, 1.54) is 37.2 Å². The molecule has 0 unspecified atom stereocenters. The summed E-state index contributed by atoms with van der Waals surface area (Å²) in [7, 11) is 0. The predicted molar refractivity (Wildman–Crippen MR) is 69.3 cm³/mol. The highest BCUT2D eigenvalue weighted by Gasteiger charge is 2.10. The van der Waals surface area contributed by atoms with Crippen LogP contribution in [0.5, 0.6) is 0 Å². The molecule has 2 rings (SSSR count). The van der Waals surface area contributed by atoms with E-state index in [0.717, 1.165) is 15.4 Å². The van der Waals surface area contributed by atoms with Crippen LogP contribution in [0.2, 0.25) is 4.34 Å². The average Bonchev–Trinajstić information content (AvgIpc) is 2.57. The van der Waals surface area contributed by atoms with Crippen molar-refractivity contribution in [1.82, 2.24) is 10.4 Å². The lowest BCUT2D eigenvalue weighted by molar-refractivity contribution is 0.152. The molecule has 1 fully saturated rings. The number of hydrogen-bond donors (Lipinski definition) is 1. The Kier molecular flexibility index (Phi) is 4.46. The molecule has 0 aliphatic carbocycles. The van der Waals surface area contributed by atoms with Crippen LogP contribution >= 0.6 is 38.9 Å². The van der Waals surface area contributed by atoms with Gasteiger partial charge in [0.1, 0.15) is 4.34 Å². The molecule has 15 heavy (non-hydrogen) atoms. The van der Waals surface area contributed by atoms with Crippen LogP contribution in [-0.4, -0.2) is 18.1 Å². The Morgan fingerprint density at radius 1 is 1.40 bits per heavy atom. The summed E-state index contributed by atoms with van der Waals surface area (Å²) in [5.74, 6) is 0. The van der Waals surface area contributed by atoms with Crippen LogP contribution in [0.4, 0.5) is 0 Å². The Labute approximate surface area is 108 Å². The van der Waals surface area contributed by atoms with Crippen molar-refractivity contribution in [2.75, 3.05) is 13.1 Å². The van der Waals surface area contributed by atoms with Gasteiger partial charge in [-0.15, -0.1) is 11.3 Å². The smallest absolute Gasteiger partial charge is 0.107 e. The molecule has 1 aromatic rings. The normalized spacial score (nSPS) is 18.3. The van der Waals surface area contributed by atoms with Gasteiger partial charge >= 0.3 is 0 Å². The molecule has 0 bridgehead atoms. The number of rotatable bonds is 3. The van der Waals surface area contributed by atoms with Gasteiger partial charge in [0, 0.05) is 29.0 Å². The fraction of sp³-hybridized carbons (Fsp3) is 0.600. The summed E-state index contributed by atoms with van der Waals surface area (Å²) in [4.78, 5) is 1.28. The molecule has 0 spiro atoms.